The number of nitrogens with one attached hydrogen (secondary N) is 1. The van der Waals surface area contributed by atoms with Gasteiger partial charge in [0.25, 0.3) is 0 Å². The number of ether oxygens (including phenoxy) is 1. The highest BCUT2D eigenvalue weighted by atomic mass is 16.5. The fraction of sp³-hybridized carbons (Fsp3) is 0.640. The summed E-state index contributed by atoms with van der Waals surface area (Å²) in [7, 11) is 0. The zero-order valence-corrected chi connectivity index (χ0v) is 19.1. The van der Waals surface area contributed by atoms with Crippen LogP contribution < -0.4 is 5.43 Å². The molecule has 30 heavy (non-hydrogen) atoms. The van der Waals surface area contributed by atoms with Crippen molar-refractivity contribution in [2.24, 2.45) is 0 Å². The van der Waals surface area contributed by atoms with E-state index in [2.05, 4.69) is 72.3 Å². The van der Waals surface area contributed by atoms with Crippen LogP contribution in [-0.4, -0.2) is 40.4 Å². The van der Waals surface area contributed by atoms with Crippen LogP contribution in [-0.2, 0) is 11.3 Å². The third kappa shape index (κ3) is 5.93. The summed E-state index contributed by atoms with van der Waals surface area (Å²) in [6, 6.07) is 11.4. The maximum absolute atomic E-state index is 5.76. The molecule has 2 atom stereocenters. The van der Waals surface area contributed by atoms with E-state index in [4.69, 9.17) is 9.72 Å². The topological polar surface area (TPSA) is 42.3 Å². The predicted molar refractivity (Wildman–Crippen MR) is 124 cm³/mol. The molecule has 1 aliphatic rings. The van der Waals surface area contributed by atoms with Crippen LogP contribution in [0, 0.1) is 0 Å². The van der Waals surface area contributed by atoms with Gasteiger partial charge in [0, 0.05) is 31.3 Å². The molecule has 0 amide bonds. The summed E-state index contributed by atoms with van der Waals surface area (Å²) in [4.78, 5) is 4.89. The second-order valence-electron chi connectivity index (χ2n) is 8.35. The summed E-state index contributed by atoms with van der Waals surface area (Å²) >= 11 is 0. The van der Waals surface area contributed by atoms with Gasteiger partial charge in [0.2, 0.25) is 0 Å². The van der Waals surface area contributed by atoms with Gasteiger partial charge < -0.3 is 9.30 Å². The lowest BCUT2D eigenvalue weighted by Gasteiger charge is -2.31. The fourth-order valence-corrected chi connectivity index (χ4v) is 4.36. The van der Waals surface area contributed by atoms with E-state index in [1.807, 2.05) is 0 Å². The van der Waals surface area contributed by atoms with Crippen LogP contribution in [0.15, 0.2) is 36.5 Å². The Labute approximate surface area is 182 Å². The largest absolute Gasteiger partial charge is 0.380 e. The quantitative estimate of drug-likeness (QED) is 0.466. The smallest absolute Gasteiger partial charge is 0.140 e. The molecule has 166 valence electrons. The number of benzene rings is 1. The van der Waals surface area contributed by atoms with Crippen LogP contribution in [0.1, 0.15) is 77.5 Å². The lowest BCUT2D eigenvalue weighted by atomic mass is 10.1. The van der Waals surface area contributed by atoms with Crippen LogP contribution in [0.2, 0.25) is 0 Å². The van der Waals surface area contributed by atoms with Crippen molar-refractivity contribution < 1.29 is 4.74 Å². The highest BCUT2D eigenvalue weighted by Gasteiger charge is 2.28. The molecule has 1 fully saturated rings. The van der Waals surface area contributed by atoms with E-state index in [-0.39, 0.29) is 6.04 Å². The standard InChI is InChI=1S/C25H40N4O/c1-4-7-16-23(27-29-18-12-15-22(29)20-30-6-3)24-19-26-25(28(24)17-8-5-2)21-13-10-9-11-14-21/h9-11,13-14,19,22-23,27H,4-8,12,15-18,20H2,1-3H3. The summed E-state index contributed by atoms with van der Waals surface area (Å²) in [6.07, 6.45) is 10.4. The van der Waals surface area contributed by atoms with Crippen molar-refractivity contribution in [1.82, 2.24) is 20.0 Å². The Balaban J connectivity index is 1.86. The molecule has 1 aromatic carbocycles. The molecule has 0 radical (unpaired) electrons. The Kier molecular flexibility index (Phi) is 9.37. The average molecular weight is 413 g/mol. The molecule has 5 heteroatoms. The summed E-state index contributed by atoms with van der Waals surface area (Å²) in [5.41, 5.74) is 6.42. The molecular formula is C25H40N4O. The maximum atomic E-state index is 5.76. The molecular weight excluding hydrogens is 372 g/mol. The van der Waals surface area contributed by atoms with Gasteiger partial charge in [0.1, 0.15) is 5.82 Å². The number of hydrogen-bond acceptors (Lipinski definition) is 4. The molecule has 0 bridgehead atoms. The third-order valence-electron chi connectivity index (χ3n) is 6.07. The van der Waals surface area contributed by atoms with Gasteiger partial charge >= 0.3 is 0 Å². The number of aromatic nitrogens is 2. The van der Waals surface area contributed by atoms with Crippen molar-refractivity contribution in [3.8, 4) is 11.4 Å². The molecule has 3 rings (SSSR count). The van der Waals surface area contributed by atoms with E-state index in [0.29, 0.717) is 6.04 Å². The van der Waals surface area contributed by atoms with Gasteiger partial charge in [-0.25, -0.2) is 15.4 Å². The zero-order valence-electron chi connectivity index (χ0n) is 19.1. The van der Waals surface area contributed by atoms with Gasteiger partial charge in [-0.3, -0.25) is 0 Å². The van der Waals surface area contributed by atoms with Crippen LogP contribution in [0.4, 0.5) is 0 Å². The Bertz CT molecular complexity index is 730. The Morgan fingerprint density at radius 2 is 1.93 bits per heavy atom. The number of rotatable bonds is 13. The maximum Gasteiger partial charge on any atom is 0.140 e. The van der Waals surface area contributed by atoms with E-state index in [9.17, 15) is 0 Å². The van der Waals surface area contributed by atoms with Crippen LogP contribution in [0.5, 0.6) is 0 Å². The second kappa shape index (κ2) is 12.2. The van der Waals surface area contributed by atoms with Gasteiger partial charge in [-0.1, -0.05) is 63.4 Å². The first-order valence-electron chi connectivity index (χ1n) is 12.0. The Morgan fingerprint density at radius 3 is 2.67 bits per heavy atom. The van der Waals surface area contributed by atoms with Crippen LogP contribution >= 0.6 is 0 Å². The number of nitrogens with zero attached hydrogens (tertiary/aromatic N) is 3. The van der Waals surface area contributed by atoms with E-state index < -0.39 is 0 Å². The van der Waals surface area contributed by atoms with Crippen molar-refractivity contribution >= 4 is 0 Å². The SMILES string of the molecule is CCCCC(NN1CCCC1COCC)c1cnc(-c2ccccc2)n1CCCC. The highest BCUT2D eigenvalue weighted by Crippen LogP contribution is 2.28. The molecule has 2 aromatic rings. The molecule has 1 saturated heterocycles. The van der Waals surface area contributed by atoms with E-state index in [1.54, 1.807) is 0 Å². The monoisotopic (exact) mass is 412 g/mol. The summed E-state index contributed by atoms with van der Waals surface area (Å²) in [5.74, 6) is 1.09. The third-order valence-corrected chi connectivity index (χ3v) is 6.07. The van der Waals surface area contributed by atoms with Crippen molar-refractivity contribution in [3.05, 3.63) is 42.2 Å². The number of imidazole rings is 1. The molecule has 1 aromatic heterocycles. The van der Waals surface area contributed by atoms with Crippen molar-refractivity contribution in [2.75, 3.05) is 19.8 Å². The van der Waals surface area contributed by atoms with Gasteiger partial charge in [-0.15, -0.1) is 0 Å². The second-order valence-corrected chi connectivity index (χ2v) is 8.35. The summed E-state index contributed by atoms with van der Waals surface area (Å²) in [5, 5.41) is 2.44. The summed E-state index contributed by atoms with van der Waals surface area (Å²) < 4.78 is 8.21. The molecule has 1 aliphatic heterocycles. The Hall–Kier alpha value is -1.69. The predicted octanol–water partition coefficient (Wildman–Crippen LogP) is 5.59. The Morgan fingerprint density at radius 1 is 1.13 bits per heavy atom. The van der Waals surface area contributed by atoms with Gasteiger partial charge in [-0.05, 0) is 32.6 Å². The first-order valence-corrected chi connectivity index (χ1v) is 12.0. The molecule has 0 saturated carbocycles. The minimum absolute atomic E-state index is 0.286. The number of hydrogen-bond donors (Lipinski definition) is 1. The van der Waals surface area contributed by atoms with E-state index >= 15 is 0 Å². The molecule has 5 nitrogen and oxygen atoms in total. The fourth-order valence-electron chi connectivity index (χ4n) is 4.36. The van der Waals surface area contributed by atoms with Gasteiger partial charge in [-0.2, -0.15) is 0 Å². The number of unbranched alkanes of at least 4 members (excludes halogenated alkanes) is 2. The molecule has 2 unspecified atom stereocenters. The zero-order chi connectivity index (χ0) is 21.2. The lowest BCUT2D eigenvalue weighted by Crippen LogP contribution is -2.46. The number of hydrazine groups is 1. The van der Waals surface area contributed by atoms with E-state index in [1.165, 1.54) is 49.8 Å². The van der Waals surface area contributed by atoms with Crippen LogP contribution in [0.25, 0.3) is 11.4 Å². The first-order chi connectivity index (χ1) is 14.8. The van der Waals surface area contributed by atoms with Gasteiger partial charge in [0.15, 0.2) is 0 Å². The normalized spacial score (nSPS) is 18.2. The van der Waals surface area contributed by atoms with Crippen molar-refractivity contribution in [1.29, 1.82) is 0 Å². The van der Waals surface area contributed by atoms with E-state index in [0.717, 1.165) is 38.5 Å². The van der Waals surface area contributed by atoms with Crippen LogP contribution in [0.3, 0.4) is 0 Å². The highest BCUT2D eigenvalue weighted by molar-refractivity contribution is 5.56. The minimum Gasteiger partial charge on any atom is -0.380 e. The molecule has 0 spiro atoms. The first kappa shape index (κ1) is 23.0. The lowest BCUT2D eigenvalue weighted by molar-refractivity contribution is 0.0497. The molecule has 0 aliphatic carbocycles. The van der Waals surface area contributed by atoms with Crippen molar-refractivity contribution in [3.63, 3.8) is 0 Å². The van der Waals surface area contributed by atoms with Crippen molar-refractivity contribution in [2.45, 2.75) is 84.3 Å². The van der Waals surface area contributed by atoms with Gasteiger partial charge in [0.05, 0.1) is 24.5 Å². The molecule has 1 N–H and O–H groups in total. The average Bonchev–Trinajstić information content (AvgIpc) is 3.40. The minimum atomic E-state index is 0.286. The molecule has 2 heterocycles. The summed E-state index contributed by atoms with van der Waals surface area (Å²) in [6.45, 7) is 10.3.